The maximum absolute atomic E-state index is 12.6. The SMILES string of the molecule is O=C1CN(C(=O)c2ccccc2Br)c2ccccc2N1. The highest BCUT2D eigenvalue weighted by atomic mass is 79.9. The first-order chi connectivity index (χ1) is 9.66. The number of carbonyl (C=O) groups excluding carboxylic acids is 2. The monoisotopic (exact) mass is 330 g/mol. The molecule has 0 saturated carbocycles. The van der Waals surface area contributed by atoms with Gasteiger partial charge < -0.3 is 5.32 Å². The fourth-order valence-corrected chi connectivity index (χ4v) is 2.65. The zero-order chi connectivity index (χ0) is 14.1. The zero-order valence-corrected chi connectivity index (χ0v) is 12.1. The van der Waals surface area contributed by atoms with Crippen LogP contribution in [-0.4, -0.2) is 18.4 Å². The lowest BCUT2D eigenvalue weighted by molar-refractivity contribution is -0.115. The molecular formula is C15H11BrN2O2. The molecule has 1 heterocycles. The number of nitrogens with zero attached hydrogens (tertiary/aromatic N) is 1. The van der Waals surface area contributed by atoms with Crippen LogP contribution in [0, 0.1) is 0 Å². The summed E-state index contributed by atoms with van der Waals surface area (Å²) in [7, 11) is 0. The van der Waals surface area contributed by atoms with Crippen LogP contribution < -0.4 is 10.2 Å². The number of para-hydroxylation sites is 2. The summed E-state index contributed by atoms with van der Waals surface area (Å²) in [4.78, 5) is 25.9. The van der Waals surface area contributed by atoms with E-state index >= 15 is 0 Å². The smallest absolute Gasteiger partial charge is 0.259 e. The van der Waals surface area contributed by atoms with E-state index in [0.717, 1.165) is 0 Å². The van der Waals surface area contributed by atoms with Gasteiger partial charge in [-0.15, -0.1) is 0 Å². The van der Waals surface area contributed by atoms with Gasteiger partial charge in [0.05, 0.1) is 16.9 Å². The topological polar surface area (TPSA) is 49.4 Å². The van der Waals surface area contributed by atoms with Crippen LogP contribution in [0.3, 0.4) is 0 Å². The molecule has 0 saturated heterocycles. The minimum atomic E-state index is -0.195. The highest BCUT2D eigenvalue weighted by Crippen LogP contribution is 2.31. The van der Waals surface area contributed by atoms with Gasteiger partial charge in [0.1, 0.15) is 6.54 Å². The van der Waals surface area contributed by atoms with E-state index in [1.807, 2.05) is 30.3 Å². The standard InChI is InChI=1S/C15H11BrN2O2/c16-11-6-2-1-5-10(11)15(20)18-9-14(19)17-12-7-3-4-8-13(12)18/h1-8H,9H2,(H,17,19). The van der Waals surface area contributed by atoms with Gasteiger partial charge in [-0.3, -0.25) is 14.5 Å². The van der Waals surface area contributed by atoms with E-state index in [9.17, 15) is 9.59 Å². The Morgan fingerprint density at radius 3 is 2.60 bits per heavy atom. The highest BCUT2D eigenvalue weighted by molar-refractivity contribution is 9.10. The van der Waals surface area contributed by atoms with Gasteiger partial charge in [0.2, 0.25) is 5.91 Å². The molecule has 0 bridgehead atoms. The van der Waals surface area contributed by atoms with E-state index in [2.05, 4.69) is 21.2 Å². The third-order valence-corrected chi connectivity index (χ3v) is 3.81. The van der Waals surface area contributed by atoms with Crippen molar-refractivity contribution in [2.75, 3.05) is 16.8 Å². The molecule has 0 spiro atoms. The van der Waals surface area contributed by atoms with Crippen molar-refractivity contribution < 1.29 is 9.59 Å². The van der Waals surface area contributed by atoms with Gasteiger partial charge in [-0.05, 0) is 40.2 Å². The average Bonchev–Trinajstić information content (AvgIpc) is 2.46. The first-order valence-electron chi connectivity index (χ1n) is 6.12. The molecule has 5 heteroatoms. The molecule has 0 aliphatic carbocycles. The van der Waals surface area contributed by atoms with Crippen LogP contribution in [0.1, 0.15) is 10.4 Å². The van der Waals surface area contributed by atoms with Crippen LogP contribution in [0.2, 0.25) is 0 Å². The number of fused-ring (bicyclic) bond motifs is 1. The van der Waals surface area contributed by atoms with Crippen molar-refractivity contribution in [1.29, 1.82) is 0 Å². The van der Waals surface area contributed by atoms with Crippen molar-refractivity contribution in [3.63, 3.8) is 0 Å². The molecule has 1 N–H and O–H groups in total. The van der Waals surface area contributed by atoms with Gasteiger partial charge in [-0.25, -0.2) is 0 Å². The number of anilines is 2. The molecule has 2 aromatic rings. The van der Waals surface area contributed by atoms with Crippen LogP contribution in [0.4, 0.5) is 11.4 Å². The molecule has 20 heavy (non-hydrogen) atoms. The molecule has 1 aliphatic rings. The Hall–Kier alpha value is -2.14. The van der Waals surface area contributed by atoms with E-state index in [-0.39, 0.29) is 18.4 Å². The molecule has 100 valence electrons. The van der Waals surface area contributed by atoms with Gasteiger partial charge in [-0.2, -0.15) is 0 Å². The van der Waals surface area contributed by atoms with E-state index in [1.165, 1.54) is 4.90 Å². The number of carbonyl (C=O) groups is 2. The Morgan fingerprint density at radius 1 is 1.10 bits per heavy atom. The maximum Gasteiger partial charge on any atom is 0.259 e. The molecule has 2 aromatic carbocycles. The lowest BCUT2D eigenvalue weighted by Crippen LogP contribution is -2.42. The summed E-state index contributed by atoms with van der Waals surface area (Å²) in [5, 5.41) is 2.77. The Kier molecular flexibility index (Phi) is 3.28. The molecule has 0 fully saturated rings. The molecule has 0 aromatic heterocycles. The second kappa shape index (κ2) is 5.09. The summed E-state index contributed by atoms with van der Waals surface area (Å²) >= 11 is 3.37. The predicted octanol–water partition coefficient (Wildman–Crippen LogP) is 3.05. The van der Waals surface area contributed by atoms with Crippen molar-refractivity contribution in [3.8, 4) is 0 Å². The molecule has 0 radical (unpaired) electrons. The van der Waals surface area contributed by atoms with E-state index in [4.69, 9.17) is 0 Å². The normalized spacial score (nSPS) is 13.7. The van der Waals surface area contributed by atoms with Crippen LogP contribution >= 0.6 is 15.9 Å². The largest absolute Gasteiger partial charge is 0.323 e. The summed E-state index contributed by atoms with van der Waals surface area (Å²) in [5.74, 6) is -0.385. The molecule has 0 atom stereocenters. The Morgan fingerprint density at radius 2 is 1.80 bits per heavy atom. The number of hydrogen-bond donors (Lipinski definition) is 1. The Bertz CT molecular complexity index is 700. The van der Waals surface area contributed by atoms with Crippen LogP contribution in [0.25, 0.3) is 0 Å². The van der Waals surface area contributed by atoms with Crippen LogP contribution in [0.5, 0.6) is 0 Å². The average molecular weight is 331 g/mol. The van der Waals surface area contributed by atoms with E-state index < -0.39 is 0 Å². The van der Waals surface area contributed by atoms with Crippen LogP contribution in [0.15, 0.2) is 53.0 Å². The maximum atomic E-state index is 12.6. The second-order valence-corrected chi connectivity index (χ2v) is 5.29. The number of hydrogen-bond acceptors (Lipinski definition) is 2. The molecule has 4 nitrogen and oxygen atoms in total. The van der Waals surface area contributed by atoms with Gasteiger partial charge in [0.25, 0.3) is 5.91 Å². The number of rotatable bonds is 1. The quantitative estimate of drug-likeness (QED) is 0.873. The minimum Gasteiger partial charge on any atom is -0.323 e. The minimum absolute atomic E-state index is 0.0250. The fourth-order valence-electron chi connectivity index (χ4n) is 2.19. The van der Waals surface area contributed by atoms with Gasteiger partial charge in [0, 0.05) is 4.47 Å². The lowest BCUT2D eigenvalue weighted by Gasteiger charge is -2.29. The summed E-state index contributed by atoms with van der Waals surface area (Å²) in [6.07, 6.45) is 0. The Balaban J connectivity index is 2.05. The number of halogens is 1. The van der Waals surface area contributed by atoms with Crippen LogP contribution in [-0.2, 0) is 4.79 Å². The molecule has 0 unspecified atom stereocenters. The molecule has 2 amide bonds. The van der Waals surface area contributed by atoms with E-state index in [1.54, 1.807) is 18.2 Å². The third-order valence-electron chi connectivity index (χ3n) is 3.12. The first-order valence-corrected chi connectivity index (χ1v) is 6.91. The third kappa shape index (κ3) is 2.20. The van der Waals surface area contributed by atoms with Crippen molar-refractivity contribution in [1.82, 2.24) is 0 Å². The molecule has 3 rings (SSSR count). The number of benzene rings is 2. The fraction of sp³-hybridized carbons (Fsp3) is 0.0667. The van der Waals surface area contributed by atoms with Gasteiger partial charge >= 0.3 is 0 Å². The summed E-state index contributed by atoms with van der Waals surface area (Å²) < 4.78 is 0.716. The zero-order valence-electron chi connectivity index (χ0n) is 10.5. The van der Waals surface area contributed by atoms with Gasteiger partial charge in [-0.1, -0.05) is 24.3 Å². The molecular weight excluding hydrogens is 320 g/mol. The van der Waals surface area contributed by atoms with Crippen molar-refractivity contribution >= 4 is 39.1 Å². The first kappa shape index (κ1) is 12.9. The number of amides is 2. The summed E-state index contributed by atoms with van der Waals surface area (Å²) in [5.41, 5.74) is 1.91. The van der Waals surface area contributed by atoms with Gasteiger partial charge in [0.15, 0.2) is 0 Å². The van der Waals surface area contributed by atoms with Crippen molar-refractivity contribution in [2.24, 2.45) is 0 Å². The summed E-state index contributed by atoms with van der Waals surface area (Å²) in [6.45, 7) is 0.0250. The highest BCUT2D eigenvalue weighted by Gasteiger charge is 2.28. The second-order valence-electron chi connectivity index (χ2n) is 4.44. The van der Waals surface area contributed by atoms with Crippen molar-refractivity contribution in [2.45, 2.75) is 0 Å². The molecule has 1 aliphatic heterocycles. The van der Waals surface area contributed by atoms with Crippen molar-refractivity contribution in [3.05, 3.63) is 58.6 Å². The number of nitrogens with one attached hydrogen (secondary N) is 1. The lowest BCUT2D eigenvalue weighted by atomic mass is 10.1. The van der Waals surface area contributed by atoms with E-state index in [0.29, 0.717) is 21.4 Å². The Labute approximate surface area is 124 Å². The summed E-state index contributed by atoms with van der Waals surface area (Å²) in [6, 6.07) is 14.5. The predicted molar refractivity (Wildman–Crippen MR) is 80.9 cm³/mol.